The van der Waals surface area contributed by atoms with Gasteiger partial charge in [-0.3, -0.25) is 4.79 Å². The Morgan fingerprint density at radius 1 is 1.35 bits per heavy atom. The van der Waals surface area contributed by atoms with Crippen molar-refractivity contribution >= 4 is 5.91 Å². The van der Waals surface area contributed by atoms with Crippen molar-refractivity contribution in [3.05, 3.63) is 58.7 Å². The number of hydrogen-bond acceptors (Lipinski definition) is 3. The largest absolute Gasteiger partial charge is 0.493 e. The molecule has 0 fully saturated rings. The molecule has 1 heterocycles. The van der Waals surface area contributed by atoms with Gasteiger partial charge < -0.3 is 15.2 Å². The number of nitrogens with two attached hydrogens (primary N) is 1. The van der Waals surface area contributed by atoms with Gasteiger partial charge in [-0.25, -0.2) is 0 Å². The van der Waals surface area contributed by atoms with Gasteiger partial charge in [-0.05, 0) is 54.7 Å². The maximum atomic E-state index is 11.4. The summed E-state index contributed by atoms with van der Waals surface area (Å²) >= 11 is 0. The molecule has 4 nitrogen and oxygen atoms in total. The molecule has 2 aromatic carbocycles. The van der Waals surface area contributed by atoms with Crippen LogP contribution in [0.5, 0.6) is 11.5 Å². The van der Waals surface area contributed by atoms with Gasteiger partial charge in [0.2, 0.25) is 5.91 Å². The van der Waals surface area contributed by atoms with E-state index in [9.17, 15) is 4.79 Å². The van der Waals surface area contributed by atoms with Crippen molar-refractivity contribution in [3.8, 4) is 11.5 Å². The fourth-order valence-electron chi connectivity index (χ4n) is 3.10. The van der Waals surface area contributed by atoms with E-state index in [2.05, 4.69) is 13.0 Å². The van der Waals surface area contributed by atoms with Crippen LogP contribution in [0.4, 0.5) is 0 Å². The number of ether oxygens (including phenoxy) is 2. The topological polar surface area (TPSA) is 61.6 Å². The molecule has 1 aliphatic heterocycles. The summed E-state index contributed by atoms with van der Waals surface area (Å²) in [6.45, 7) is 2.70. The third-order valence-electron chi connectivity index (χ3n) is 4.39. The van der Waals surface area contributed by atoms with Crippen molar-refractivity contribution in [3.63, 3.8) is 0 Å². The molecule has 2 aromatic rings. The van der Waals surface area contributed by atoms with Gasteiger partial charge in [0.25, 0.3) is 0 Å². The highest BCUT2D eigenvalue weighted by atomic mass is 16.5. The van der Waals surface area contributed by atoms with Gasteiger partial charge in [0.15, 0.2) is 11.5 Å². The lowest BCUT2D eigenvalue weighted by Gasteiger charge is -2.27. The number of primary amides is 1. The molecule has 0 aromatic heterocycles. The van der Waals surface area contributed by atoms with Crippen LogP contribution in [0, 0.1) is 12.8 Å². The minimum atomic E-state index is -0.388. The van der Waals surface area contributed by atoms with E-state index in [1.807, 2.05) is 24.3 Å². The normalized spacial score (nSPS) is 16.3. The standard InChI is InChI=1S/C19H21NO3/c1-12-6-7-15(19(20)21)10-16(12)9-13-8-14-4-3-5-17(22-2)18(14)23-11-13/h3-7,10,13H,8-9,11H2,1-2H3,(H2,20,21)/t13-/m0/s1. The van der Waals surface area contributed by atoms with Crippen molar-refractivity contribution in [1.82, 2.24) is 0 Å². The van der Waals surface area contributed by atoms with Crippen LogP contribution in [0.15, 0.2) is 36.4 Å². The average molecular weight is 311 g/mol. The summed E-state index contributed by atoms with van der Waals surface area (Å²) in [5.41, 5.74) is 9.44. The first kappa shape index (κ1) is 15.4. The second-order valence-corrected chi connectivity index (χ2v) is 6.04. The van der Waals surface area contributed by atoms with E-state index in [4.69, 9.17) is 15.2 Å². The molecule has 0 radical (unpaired) electrons. The Labute approximate surface area is 136 Å². The molecule has 120 valence electrons. The molecule has 0 saturated carbocycles. The molecule has 2 N–H and O–H groups in total. The Morgan fingerprint density at radius 3 is 2.91 bits per heavy atom. The zero-order chi connectivity index (χ0) is 16.4. The summed E-state index contributed by atoms with van der Waals surface area (Å²) in [4.78, 5) is 11.4. The zero-order valence-corrected chi connectivity index (χ0v) is 13.5. The summed E-state index contributed by atoms with van der Waals surface area (Å²) in [7, 11) is 1.66. The maximum Gasteiger partial charge on any atom is 0.248 e. The quantitative estimate of drug-likeness (QED) is 0.944. The van der Waals surface area contributed by atoms with E-state index >= 15 is 0 Å². The van der Waals surface area contributed by atoms with E-state index in [1.165, 1.54) is 11.1 Å². The zero-order valence-electron chi connectivity index (χ0n) is 13.5. The van der Waals surface area contributed by atoms with Crippen molar-refractivity contribution < 1.29 is 14.3 Å². The first-order valence-corrected chi connectivity index (χ1v) is 7.76. The highest BCUT2D eigenvalue weighted by molar-refractivity contribution is 5.93. The number of rotatable bonds is 4. The Morgan fingerprint density at radius 2 is 2.17 bits per heavy atom. The summed E-state index contributed by atoms with van der Waals surface area (Å²) < 4.78 is 11.3. The molecular weight excluding hydrogens is 290 g/mol. The van der Waals surface area contributed by atoms with Crippen molar-refractivity contribution in [1.29, 1.82) is 0 Å². The molecule has 4 heteroatoms. The highest BCUT2D eigenvalue weighted by Crippen LogP contribution is 2.36. The van der Waals surface area contributed by atoms with Crippen LogP contribution >= 0.6 is 0 Å². The van der Waals surface area contributed by atoms with Gasteiger partial charge in [0.1, 0.15) is 0 Å². The molecule has 1 amide bonds. The Kier molecular flexibility index (Phi) is 4.24. The number of methoxy groups -OCH3 is 1. The van der Waals surface area contributed by atoms with E-state index in [1.54, 1.807) is 13.2 Å². The number of carbonyl (C=O) groups excluding carboxylic acids is 1. The average Bonchev–Trinajstić information content (AvgIpc) is 2.55. The summed E-state index contributed by atoms with van der Waals surface area (Å²) in [5.74, 6) is 1.62. The van der Waals surface area contributed by atoms with Crippen LogP contribution in [0.3, 0.4) is 0 Å². The van der Waals surface area contributed by atoms with Gasteiger partial charge in [-0.15, -0.1) is 0 Å². The van der Waals surface area contributed by atoms with Crippen molar-refractivity contribution in [2.75, 3.05) is 13.7 Å². The van der Waals surface area contributed by atoms with Crippen LogP contribution in [0.2, 0.25) is 0 Å². The number of benzene rings is 2. The Hall–Kier alpha value is -2.49. The van der Waals surface area contributed by atoms with Crippen molar-refractivity contribution in [2.45, 2.75) is 19.8 Å². The molecule has 0 saturated heterocycles. The van der Waals surface area contributed by atoms with Crippen molar-refractivity contribution in [2.24, 2.45) is 11.7 Å². The fraction of sp³-hybridized carbons (Fsp3) is 0.316. The molecule has 1 atom stereocenters. The number of amides is 1. The third kappa shape index (κ3) is 3.16. The third-order valence-corrected chi connectivity index (χ3v) is 4.39. The van der Waals surface area contributed by atoms with Crippen LogP contribution in [0.25, 0.3) is 0 Å². The van der Waals surface area contributed by atoms with E-state index < -0.39 is 0 Å². The van der Waals surface area contributed by atoms with Gasteiger partial charge in [-0.1, -0.05) is 18.2 Å². The summed E-state index contributed by atoms with van der Waals surface area (Å²) in [6, 6.07) is 11.6. The van der Waals surface area contributed by atoms with Gasteiger partial charge in [0.05, 0.1) is 13.7 Å². The van der Waals surface area contributed by atoms with Crippen LogP contribution < -0.4 is 15.2 Å². The second-order valence-electron chi connectivity index (χ2n) is 6.04. The lowest BCUT2D eigenvalue weighted by molar-refractivity contribution is 0.1000. The molecule has 0 aliphatic carbocycles. The van der Waals surface area contributed by atoms with Gasteiger partial charge >= 0.3 is 0 Å². The van der Waals surface area contributed by atoms with E-state index in [0.717, 1.165) is 29.9 Å². The molecule has 0 bridgehead atoms. The minimum Gasteiger partial charge on any atom is -0.493 e. The SMILES string of the molecule is COc1cccc2c1OC[C@H](Cc1cc(C(N)=O)ccc1C)C2. The van der Waals surface area contributed by atoms with E-state index in [-0.39, 0.29) is 5.91 Å². The minimum absolute atomic E-state index is 0.372. The lowest BCUT2D eigenvalue weighted by Crippen LogP contribution is -2.23. The number of fused-ring (bicyclic) bond motifs is 1. The number of aryl methyl sites for hydroxylation is 1. The molecule has 1 aliphatic rings. The lowest BCUT2D eigenvalue weighted by atomic mass is 9.88. The van der Waals surface area contributed by atoms with Gasteiger partial charge in [-0.2, -0.15) is 0 Å². The summed E-state index contributed by atoms with van der Waals surface area (Å²) in [6.07, 6.45) is 1.80. The maximum absolute atomic E-state index is 11.4. The second kappa shape index (κ2) is 6.32. The number of hydrogen-bond donors (Lipinski definition) is 1. The predicted molar refractivity (Wildman–Crippen MR) is 89.1 cm³/mol. The molecule has 0 spiro atoms. The smallest absolute Gasteiger partial charge is 0.248 e. The molecule has 3 rings (SSSR count). The monoisotopic (exact) mass is 311 g/mol. The van der Waals surface area contributed by atoms with Crippen LogP contribution in [-0.4, -0.2) is 19.6 Å². The number of para-hydroxylation sites is 1. The molecule has 23 heavy (non-hydrogen) atoms. The first-order chi connectivity index (χ1) is 11.1. The van der Waals surface area contributed by atoms with E-state index in [0.29, 0.717) is 18.1 Å². The fourth-order valence-corrected chi connectivity index (χ4v) is 3.10. The Balaban J connectivity index is 1.80. The summed E-state index contributed by atoms with van der Waals surface area (Å²) in [5, 5.41) is 0. The van der Waals surface area contributed by atoms with Crippen LogP contribution in [-0.2, 0) is 12.8 Å². The highest BCUT2D eigenvalue weighted by Gasteiger charge is 2.23. The van der Waals surface area contributed by atoms with Gasteiger partial charge in [0, 0.05) is 11.5 Å². The molecule has 0 unspecified atom stereocenters. The molecular formula is C19H21NO3. The first-order valence-electron chi connectivity index (χ1n) is 7.76. The van der Waals surface area contributed by atoms with Crippen LogP contribution in [0.1, 0.15) is 27.0 Å². The predicted octanol–water partition coefficient (Wildman–Crippen LogP) is 2.90. The Bertz CT molecular complexity index is 739. The number of carbonyl (C=O) groups is 1.